The molecule has 2 rings (SSSR count). The van der Waals surface area contributed by atoms with E-state index >= 15 is 0 Å². The molecule has 0 amide bonds. The number of hydrogen-bond donors (Lipinski definition) is 0. The fourth-order valence-corrected chi connectivity index (χ4v) is 2.25. The van der Waals surface area contributed by atoms with Gasteiger partial charge in [-0.3, -0.25) is 0 Å². The summed E-state index contributed by atoms with van der Waals surface area (Å²) < 4.78 is 35.0. The van der Waals surface area contributed by atoms with Crippen molar-refractivity contribution in [1.29, 1.82) is 0 Å². The third kappa shape index (κ3) is 3.05. The van der Waals surface area contributed by atoms with Crippen molar-refractivity contribution in [3.63, 3.8) is 0 Å². The Kier molecular flexibility index (Phi) is 3.58. The van der Waals surface area contributed by atoms with Crippen LogP contribution in [-0.2, 0) is 10.2 Å². The van der Waals surface area contributed by atoms with Crippen molar-refractivity contribution >= 4 is 22.4 Å². The molecule has 0 saturated heterocycles. The summed E-state index contributed by atoms with van der Waals surface area (Å²) in [5, 5.41) is 0. The maximum absolute atomic E-state index is 13.0. The number of rotatable bonds is 3. The molecule has 0 radical (unpaired) electrons. The molecule has 4 heteroatoms. The lowest BCUT2D eigenvalue weighted by Crippen LogP contribution is -1.94. The summed E-state index contributed by atoms with van der Waals surface area (Å²) in [6.07, 6.45) is 3.33. The molecule has 0 spiro atoms. The van der Waals surface area contributed by atoms with E-state index in [0.29, 0.717) is 5.56 Å². The summed E-state index contributed by atoms with van der Waals surface area (Å²) in [4.78, 5) is -0.308. The van der Waals surface area contributed by atoms with Gasteiger partial charge >= 0.3 is 10.2 Å². The quantitative estimate of drug-likeness (QED) is 0.626. The highest BCUT2D eigenvalue weighted by Gasteiger charge is 2.14. The highest BCUT2D eigenvalue weighted by Crippen LogP contribution is 2.20. The van der Waals surface area contributed by atoms with Gasteiger partial charge < -0.3 is 0 Å². The third-order valence-electron chi connectivity index (χ3n) is 2.44. The highest BCUT2D eigenvalue weighted by atomic mass is 32.3. The predicted octanol–water partition coefficient (Wildman–Crippen LogP) is 3.52. The molecule has 2 nitrogen and oxygen atoms in total. The van der Waals surface area contributed by atoms with Crippen molar-refractivity contribution in [2.45, 2.75) is 4.90 Å². The number of benzene rings is 2. The van der Waals surface area contributed by atoms with E-state index < -0.39 is 10.2 Å². The number of halogens is 1. The van der Waals surface area contributed by atoms with Gasteiger partial charge in [0.2, 0.25) is 0 Å². The lowest BCUT2D eigenvalue weighted by Gasteiger charge is -2.00. The molecule has 0 saturated carbocycles. The Hall–Kier alpha value is -1.94. The van der Waals surface area contributed by atoms with Crippen LogP contribution in [0.15, 0.2) is 59.5 Å². The van der Waals surface area contributed by atoms with E-state index in [-0.39, 0.29) is 4.90 Å². The van der Waals surface area contributed by atoms with E-state index in [9.17, 15) is 12.3 Å². The van der Waals surface area contributed by atoms with Gasteiger partial charge in [-0.25, -0.2) is 0 Å². The molecular weight excluding hydrogens is 251 g/mol. The van der Waals surface area contributed by atoms with Crippen molar-refractivity contribution in [3.05, 3.63) is 65.7 Å². The van der Waals surface area contributed by atoms with Crippen LogP contribution in [0.4, 0.5) is 3.89 Å². The standard InChI is InChI=1S/C14H11FO2S/c15-18(16,17)14-9-5-4-8-13(14)11-10-12-6-2-1-3-7-12/h1-11H/b11-10+. The first-order valence-corrected chi connectivity index (χ1v) is 6.72. The molecule has 0 fully saturated rings. The molecule has 0 bridgehead atoms. The maximum Gasteiger partial charge on any atom is 0.332 e. The molecule has 0 heterocycles. The Morgan fingerprint density at radius 2 is 1.44 bits per heavy atom. The van der Waals surface area contributed by atoms with Crippen LogP contribution in [0.1, 0.15) is 11.1 Å². The van der Waals surface area contributed by atoms with E-state index in [1.165, 1.54) is 12.1 Å². The van der Waals surface area contributed by atoms with Crippen LogP contribution < -0.4 is 0 Å². The summed E-state index contributed by atoms with van der Waals surface area (Å²) >= 11 is 0. The van der Waals surface area contributed by atoms with Crippen LogP contribution >= 0.6 is 0 Å². The number of hydrogen-bond acceptors (Lipinski definition) is 2. The summed E-state index contributed by atoms with van der Waals surface area (Å²) in [5.74, 6) is 0. The monoisotopic (exact) mass is 262 g/mol. The second-order valence-corrected chi connectivity index (χ2v) is 5.04. The second kappa shape index (κ2) is 5.14. The molecule has 0 unspecified atom stereocenters. The maximum atomic E-state index is 13.0. The largest absolute Gasteiger partial charge is 0.332 e. The van der Waals surface area contributed by atoms with Gasteiger partial charge in [-0.1, -0.05) is 60.7 Å². The van der Waals surface area contributed by atoms with Gasteiger partial charge in [0.1, 0.15) is 4.90 Å². The second-order valence-electron chi connectivity index (χ2n) is 3.72. The molecule has 0 atom stereocenters. The van der Waals surface area contributed by atoms with Crippen LogP contribution in [0.5, 0.6) is 0 Å². The van der Waals surface area contributed by atoms with Crippen LogP contribution in [-0.4, -0.2) is 8.42 Å². The molecule has 0 aliphatic rings. The predicted molar refractivity (Wildman–Crippen MR) is 70.1 cm³/mol. The zero-order chi connectivity index (χ0) is 13.0. The van der Waals surface area contributed by atoms with Crippen LogP contribution in [0.2, 0.25) is 0 Å². The minimum atomic E-state index is -4.69. The van der Waals surface area contributed by atoms with Crippen LogP contribution in [0.3, 0.4) is 0 Å². The van der Waals surface area contributed by atoms with Crippen LogP contribution in [0, 0.1) is 0 Å². The van der Waals surface area contributed by atoms with E-state index in [1.807, 2.05) is 30.3 Å². The summed E-state index contributed by atoms with van der Waals surface area (Å²) in [7, 11) is -4.69. The topological polar surface area (TPSA) is 34.1 Å². The third-order valence-corrected chi connectivity index (χ3v) is 3.33. The minimum Gasteiger partial charge on any atom is -0.189 e. The SMILES string of the molecule is O=S(=O)(F)c1ccccc1/C=C/c1ccccc1. The van der Waals surface area contributed by atoms with E-state index in [2.05, 4.69) is 0 Å². The van der Waals surface area contributed by atoms with Gasteiger partial charge in [-0.05, 0) is 17.2 Å². The molecule has 18 heavy (non-hydrogen) atoms. The van der Waals surface area contributed by atoms with Crippen molar-refractivity contribution in [3.8, 4) is 0 Å². The zero-order valence-electron chi connectivity index (χ0n) is 9.45. The fourth-order valence-electron chi connectivity index (χ4n) is 1.59. The Morgan fingerprint density at radius 3 is 2.11 bits per heavy atom. The molecule has 0 aliphatic carbocycles. The van der Waals surface area contributed by atoms with Gasteiger partial charge in [-0.2, -0.15) is 8.42 Å². The first-order valence-electron chi connectivity index (χ1n) is 5.34. The molecule has 92 valence electrons. The molecule has 0 aliphatic heterocycles. The molecular formula is C14H11FO2S. The first-order chi connectivity index (χ1) is 8.57. The Balaban J connectivity index is 2.39. The Morgan fingerprint density at radius 1 is 0.833 bits per heavy atom. The summed E-state index contributed by atoms with van der Waals surface area (Å²) in [6.45, 7) is 0. The van der Waals surface area contributed by atoms with E-state index in [0.717, 1.165) is 5.56 Å². The lowest BCUT2D eigenvalue weighted by atomic mass is 10.1. The summed E-state index contributed by atoms with van der Waals surface area (Å²) in [6, 6.07) is 15.4. The average molecular weight is 262 g/mol. The van der Waals surface area contributed by atoms with Gasteiger partial charge in [0.25, 0.3) is 0 Å². The smallest absolute Gasteiger partial charge is 0.189 e. The van der Waals surface area contributed by atoms with Crippen molar-refractivity contribution < 1.29 is 12.3 Å². The van der Waals surface area contributed by atoms with E-state index in [4.69, 9.17) is 0 Å². The van der Waals surface area contributed by atoms with Gasteiger partial charge in [-0.15, -0.1) is 3.89 Å². The van der Waals surface area contributed by atoms with Crippen molar-refractivity contribution in [1.82, 2.24) is 0 Å². The zero-order valence-corrected chi connectivity index (χ0v) is 10.3. The van der Waals surface area contributed by atoms with Gasteiger partial charge in [0.05, 0.1) is 0 Å². The van der Waals surface area contributed by atoms with Crippen molar-refractivity contribution in [2.24, 2.45) is 0 Å². The van der Waals surface area contributed by atoms with Crippen LogP contribution in [0.25, 0.3) is 12.2 Å². The van der Waals surface area contributed by atoms with Gasteiger partial charge in [0.15, 0.2) is 0 Å². The molecule has 2 aromatic rings. The Bertz CT molecular complexity index is 661. The van der Waals surface area contributed by atoms with Gasteiger partial charge in [0, 0.05) is 0 Å². The lowest BCUT2D eigenvalue weighted by molar-refractivity contribution is 0.552. The fraction of sp³-hybridized carbons (Fsp3) is 0. The minimum absolute atomic E-state index is 0.308. The Labute approximate surface area is 106 Å². The van der Waals surface area contributed by atoms with Crippen molar-refractivity contribution in [2.75, 3.05) is 0 Å². The average Bonchev–Trinajstić information content (AvgIpc) is 2.37. The molecule has 2 aromatic carbocycles. The molecule has 0 N–H and O–H groups in total. The van der Waals surface area contributed by atoms with E-state index in [1.54, 1.807) is 24.3 Å². The first kappa shape index (κ1) is 12.5. The normalized spacial score (nSPS) is 11.8. The highest BCUT2D eigenvalue weighted by molar-refractivity contribution is 7.86. The summed E-state index contributed by atoms with van der Waals surface area (Å²) in [5.41, 5.74) is 1.26. The molecule has 0 aromatic heterocycles.